The molecule has 1 aromatic rings. The number of Topliss-reactive ketones (excluding diaryl/α,β-unsaturated/α-hetero) is 1. The summed E-state index contributed by atoms with van der Waals surface area (Å²) in [7, 11) is 0. The normalized spacial score (nSPS) is 15.4. The van der Waals surface area contributed by atoms with Gasteiger partial charge in [-0.1, -0.05) is 23.2 Å². The maximum Gasteiger partial charge on any atom is 0.260 e. The Balaban J connectivity index is 2.16. The first-order valence-electron chi connectivity index (χ1n) is 4.67. The molecule has 0 fully saturated rings. The molecule has 0 saturated carbocycles. The second-order valence-electron chi connectivity index (χ2n) is 3.15. The molecule has 3 nitrogen and oxygen atoms in total. The van der Waals surface area contributed by atoms with E-state index >= 15 is 0 Å². The lowest BCUT2D eigenvalue weighted by Crippen LogP contribution is -2.08. The van der Waals surface area contributed by atoms with Crippen molar-refractivity contribution in [1.29, 1.82) is 0 Å². The van der Waals surface area contributed by atoms with Crippen LogP contribution < -0.4 is 4.98 Å². The summed E-state index contributed by atoms with van der Waals surface area (Å²) in [5.74, 6) is -0.372. The monoisotopic (exact) mass is 285 g/mol. The fraction of sp³-hybridized carbons (Fsp3) is 0. The van der Waals surface area contributed by atoms with Crippen LogP contribution in [-0.2, 0) is 4.79 Å². The molecular weight excluding hydrogens is 279 g/mol. The van der Waals surface area contributed by atoms with Crippen molar-refractivity contribution in [2.24, 2.45) is 4.40 Å². The molecule has 86 valence electrons. The number of nitrogens with zero attached hydrogens (tertiary/aromatic N) is 1. The number of nitrogens with one attached hydrogen (secondary N) is 1. The first kappa shape index (κ1) is 12.4. The van der Waals surface area contributed by atoms with E-state index < -0.39 is 0 Å². The van der Waals surface area contributed by atoms with Crippen LogP contribution in [0.3, 0.4) is 0 Å². The number of halogens is 2. The van der Waals surface area contributed by atoms with Crippen LogP contribution in [-0.4, -0.2) is 11.5 Å². The molecule has 0 atom stereocenters. The van der Waals surface area contributed by atoms with Gasteiger partial charge < -0.3 is 0 Å². The zero-order valence-corrected chi connectivity index (χ0v) is 10.8. The van der Waals surface area contributed by atoms with Gasteiger partial charge in [-0.2, -0.15) is 0 Å². The average molecular weight is 286 g/mol. The zero-order chi connectivity index (χ0) is 12.3. The van der Waals surface area contributed by atoms with Gasteiger partial charge in [0.15, 0.2) is 6.20 Å². The number of ketones is 1. The van der Waals surface area contributed by atoms with E-state index in [1.807, 2.05) is 18.2 Å². The molecule has 6 heteroatoms. The van der Waals surface area contributed by atoms with E-state index in [1.165, 1.54) is 24.1 Å². The van der Waals surface area contributed by atoms with Gasteiger partial charge in [0.2, 0.25) is 5.78 Å². The Morgan fingerprint density at radius 3 is 2.47 bits per heavy atom. The highest BCUT2D eigenvalue weighted by Crippen LogP contribution is 2.22. The fourth-order valence-electron chi connectivity index (χ4n) is 1.13. The molecule has 1 aliphatic rings. The van der Waals surface area contributed by atoms with Gasteiger partial charge in [-0.05, 0) is 18.2 Å². The number of carbonyl (C=O) groups is 1. The van der Waals surface area contributed by atoms with Gasteiger partial charge >= 0.3 is 0 Å². The molecule has 0 amide bonds. The van der Waals surface area contributed by atoms with E-state index in [2.05, 4.69) is 9.38 Å². The lowest BCUT2D eigenvalue weighted by atomic mass is 10.1. The minimum Gasteiger partial charge on any atom is -0.287 e. The highest BCUT2D eigenvalue weighted by Gasteiger charge is 2.17. The van der Waals surface area contributed by atoms with Crippen molar-refractivity contribution >= 4 is 46.6 Å². The SMILES string of the molecule is O=C1C(Cl)=CC(=NSc2cccc[nH+]2)C=C1Cl. The summed E-state index contributed by atoms with van der Waals surface area (Å²) in [5.41, 5.74) is 0.557. The summed E-state index contributed by atoms with van der Waals surface area (Å²) in [4.78, 5) is 14.3. The van der Waals surface area contributed by atoms with Crippen molar-refractivity contribution in [3.05, 3.63) is 46.6 Å². The summed E-state index contributed by atoms with van der Waals surface area (Å²) in [5, 5.41) is 1.04. The standard InChI is InChI=1S/C11H6Cl2N2OS/c12-8-5-7(6-9(13)11(8)16)15-17-10-3-1-2-4-14-10/h1-6H/p+1. The van der Waals surface area contributed by atoms with Crippen LogP contribution >= 0.6 is 35.1 Å². The van der Waals surface area contributed by atoms with E-state index in [-0.39, 0.29) is 15.8 Å². The number of hydrogen-bond donors (Lipinski definition) is 0. The molecule has 0 unspecified atom stereocenters. The third-order valence-electron chi connectivity index (χ3n) is 1.91. The predicted octanol–water partition coefficient (Wildman–Crippen LogP) is 2.78. The van der Waals surface area contributed by atoms with Gasteiger partial charge in [-0.25, -0.2) is 9.38 Å². The number of pyridine rings is 1. The molecule has 0 spiro atoms. The van der Waals surface area contributed by atoms with Gasteiger partial charge in [-0.3, -0.25) is 4.79 Å². The van der Waals surface area contributed by atoms with Crippen molar-refractivity contribution in [1.82, 2.24) is 0 Å². The second-order valence-corrected chi connectivity index (χ2v) is 4.77. The lowest BCUT2D eigenvalue weighted by Gasteiger charge is -2.04. The number of hydrogen-bond acceptors (Lipinski definition) is 3. The van der Waals surface area contributed by atoms with Crippen LogP contribution in [0.1, 0.15) is 0 Å². The Morgan fingerprint density at radius 2 is 1.88 bits per heavy atom. The van der Waals surface area contributed by atoms with Gasteiger partial charge in [0.05, 0.1) is 27.7 Å². The van der Waals surface area contributed by atoms with Crippen molar-refractivity contribution in [2.45, 2.75) is 5.03 Å². The summed E-state index contributed by atoms with van der Waals surface area (Å²) < 4.78 is 4.22. The molecule has 1 heterocycles. The smallest absolute Gasteiger partial charge is 0.260 e. The molecule has 0 aromatic carbocycles. The number of H-pyrrole nitrogens is 1. The summed E-state index contributed by atoms with van der Waals surface area (Å²) in [6.07, 6.45) is 4.79. The largest absolute Gasteiger partial charge is 0.287 e. The number of allylic oxidation sites excluding steroid dienone is 4. The van der Waals surface area contributed by atoms with Crippen LogP contribution in [0.4, 0.5) is 0 Å². The Morgan fingerprint density at radius 1 is 1.18 bits per heavy atom. The molecule has 17 heavy (non-hydrogen) atoms. The third kappa shape index (κ3) is 3.19. The molecule has 0 saturated heterocycles. The maximum absolute atomic E-state index is 11.3. The van der Waals surface area contributed by atoms with Gasteiger partial charge in [-0.15, -0.1) is 0 Å². The Labute approximate surface area is 112 Å². The van der Waals surface area contributed by atoms with E-state index in [9.17, 15) is 4.79 Å². The first-order valence-corrected chi connectivity index (χ1v) is 6.20. The Bertz CT molecular complexity index is 514. The Hall–Kier alpha value is -1.10. The number of carbonyl (C=O) groups excluding carboxylic acids is 1. The zero-order valence-electron chi connectivity index (χ0n) is 8.48. The van der Waals surface area contributed by atoms with Crippen LogP contribution in [0.5, 0.6) is 0 Å². The maximum atomic E-state index is 11.3. The van der Waals surface area contributed by atoms with Crippen LogP contribution in [0, 0.1) is 0 Å². The molecule has 1 N–H and O–H groups in total. The summed E-state index contributed by atoms with van der Waals surface area (Å²) >= 11 is 12.7. The topological polar surface area (TPSA) is 43.6 Å². The van der Waals surface area contributed by atoms with Crippen molar-refractivity contribution in [3.8, 4) is 0 Å². The van der Waals surface area contributed by atoms with Crippen molar-refractivity contribution in [3.63, 3.8) is 0 Å². The summed E-state index contributed by atoms with van der Waals surface area (Å²) in [6.45, 7) is 0. The average Bonchev–Trinajstić information content (AvgIpc) is 2.34. The summed E-state index contributed by atoms with van der Waals surface area (Å²) in [6, 6.07) is 5.67. The molecular formula is C11H7Cl2N2OS+. The van der Waals surface area contributed by atoms with Crippen molar-refractivity contribution in [2.75, 3.05) is 0 Å². The molecule has 1 aliphatic carbocycles. The van der Waals surface area contributed by atoms with Gasteiger partial charge in [0.1, 0.15) is 0 Å². The van der Waals surface area contributed by atoms with Crippen LogP contribution in [0.25, 0.3) is 0 Å². The molecule has 0 bridgehead atoms. The molecule has 0 aliphatic heterocycles. The first-order chi connectivity index (χ1) is 8.16. The predicted molar refractivity (Wildman–Crippen MR) is 69.2 cm³/mol. The number of aromatic nitrogens is 1. The van der Waals surface area contributed by atoms with Crippen LogP contribution in [0.15, 0.2) is 56.0 Å². The molecule has 0 radical (unpaired) electrons. The minimum atomic E-state index is -0.372. The number of rotatable bonds is 2. The third-order valence-corrected chi connectivity index (χ3v) is 3.23. The van der Waals surface area contributed by atoms with Crippen LogP contribution in [0.2, 0.25) is 0 Å². The highest BCUT2D eigenvalue weighted by molar-refractivity contribution is 7.98. The minimum absolute atomic E-state index is 0.0777. The lowest BCUT2D eigenvalue weighted by molar-refractivity contribution is -0.426. The van der Waals surface area contributed by atoms with E-state index in [1.54, 1.807) is 6.20 Å². The van der Waals surface area contributed by atoms with E-state index in [0.29, 0.717) is 5.71 Å². The van der Waals surface area contributed by atoms with Crippen molar-refractivity contribution < 1.29 is 9.78 Å². The fourth-order valence-corrected chi connectivity index (χ4v) is 2.18. The van der Waals surface area contributed by atoms with E-state index in [4.69, 9.17) is 23.2 Å². The van der Waals surface area contributed by atoms with Gasteiger partial charge in [0.25, 0.3) is 5.03 Å². The van der Waals surface area contributed by atoms with E-state index in [0.717, 1.165) is 5.03 Å². The Kier molecular flexibility index (Phi) is 3.99. The number of aromatic amines is 1. The van der Waals surface area contributed by atoms with Gasteiger partial charge in [0, 0.05) is 12.1 Å². The quantitative estimate of drug-likeness (QED) is 0.620. The highest BCUT2D eigenvalue weighted by atomic mass is 35.5. The second kappa shape index (κ2) is 5.49. The molecule has 1 aromatic heterocycles. The molecule has 2 rings (SSSR count).